The van der Waals surface area contributed by atoms with Crippen LogP contribution in [-0.2, 0) is 45.0 Å². The highest BCUT2D eigenvalue weighted by atomic mass is 32.2. The summed E-state index contributed by atoms with van der Waals surface area (Å²) in [5.74, 6) is -2.42. The monoisotopic (exact) mass is 743 g/mol. The summed E-state index contributed by atoms with van der Waals surface area (Å²) in [6, 6.07) is 9.09. The molecule has 4 rings (SSSR count). The zero-order valence-corrected chi connectivity index (χ0v) is 31.5. The molecular weight excluding hydrogens is 694 g/mol. The number of esters is 2. The first-order chi connectivity index (χ1) is 24.2. The Labute approximate surface area is 304 Å². The van der Waals surface area contributed by atoms with E-state index >= 15 is 0 Å². The van der Waals surface area contributed by atoms with Crippen molar-refractivity contribution >= 4 is 45.7 Å². The summed E-state index contributed by atoms with van der Waals surface area (Å²) >= 11 is 0. The van der Waals surface area contributed by atoms with Crippen molar-refractivity contribution < 1.29 is 46.6 Å². The summed E-state index contributed by atoms with van der Waals surface area (Å²) in [7, 11) is -4.19. The quantitative estimate of drug-likeness (QED) is 0.194. The number of nitrogens with one attached hydrogen (secondary N) is 3. The van der Waals surface area contributed by atoms with Gasteiger partial charge in [0.2, 0.25) is 15.9 Å². The van der Waals surface area contributed by atoms with Gasteiger partial charge < -0.3 is 29.7 Å². The minimum atomic E-state index is -4.19. The third-order valence-electron chi connectivity index (χ3n) is 8.08. The Hall–Kier alpha value is -4.54. The molecule has 284 valence electrons. The number of rotatable bonds is 9. The van der Waals surface area contributed by atoms with Gasteiger partial charge in [0.1, 0.15) is 29.3 Å². The number of amides is 3. The van der Waals surface area contributed by atoms with E-state index in [9.17, 15) is 32.4 Å². The van der Waals surface area contributed by atoms with Gasteiger partial charge in [0, 0.05) is 18.8 Å². The molecule has 2 saturated heterocycles. The third kappa shape index (κ3) is 11.5. The van der Waals surface area contributed by atoms with E-state index in [1.54, 1.807) is 77.9 Å². The van der Waals surface area contributed by atoms with E-state index in [0.717, 1.165) is 12.0 Å². The van der Waals surface area contributed by atoms with E-state index in [0.29, 0.717) is 24.2 Å². The van der Waals surface area contributed by atoms with Gasteiger partial charge in [0.05, 0.1) is 11.4 Å². The van der Waals surface area contributed by atoms with Crippen molar-refractivity contribution in [3.8, 4) is 0 Å². The lowest BCUT2D eigenvalue weighted by Gasteiger charge is -2.41. The number of aryl methyl sites for hydroxylation is 1. The normalized spacial score (nSPS) is 18.7. The number of piperazine rings is 1. The maximum Gasteiger partial charge on any atom is 0.411 e. The molecule has 2 fully saturated rings. The highest BCUT2D eigenvalue weighted by Gasteiger charge is 2.40. The molecule has 0 spiro atoms. The van der Waals surface area contributed by atoms with Crippen molar-refractivity contribution in [2.75, 3.05) is 31.5 Å². The molecule has 2 aliphatic heterocycles. The van der Waals surface area contributed by atoms with Gasteiger partial charge >= 0.3 is 24.1 Å². The number of carbonyl (C=O) groups excluding carboxylic acids is 5. The summed E-state index contributed by atoms with van der Waals surface area (Å²) in [5.41, 5.74) is 0.0715. The zero-order valence-electron chi connectivity index (χ0n) is 30.7. The van der Waals surface area contributed by atoms with Crippen molar-refractivity contribution in [2.45, 2.75) is 102 Å². The van der Waals surface area contributed by atoms with Crippen molar-refractivity contribution in [3.05, 3.63) is 59.7 Å². The Balaban J connectivity index is 1.51. The number of benzene rings is 2. The number of anilines is 1. The van der Waals surface area contributed by atoms with Crippen LogP contribution in [0.25, 0.3) is 0 Å². The second-order valence-electron chi connectivity index (χ2n) is 14.9. The SMILES string of the molecule is Cc1ccc(S(=O)(=O)N[C@@H](Cc2ccc(NC(=O)C3CN(C(=O)OC(C)(C)C)CCN3C(=O)OC(C)(C)C)cc2)C(=O)OC(=O)[C@@H]2CCCN2)cc1. The predicted molar refractivity (Wildman–Crippen MR) is 191 cm³/mol. The van der Waals surface area contributed by atoms with Crippen LogP contribution in [0.4, 0.5) is 15.3 Å². The maximum atomic E-state index is 13.7. The minimum Gasteiger partial charge on any atom is -0.444 e. The first-order valence-corrected chi connectivity index (χ1v) is 18.6. The Morgan fingerprint density at radius 1 is 0.885 bits per heavy atom. The molecule has 0 radical (unpaired) electrons. The highest BCUT2D eigenvalue weighted by Crippen LogP contribution is 2.21. The van der Waals surface area contributed by atoms with Crippen LogP contribution in [0.15, 0.2) is 53.4 Å². The summed E-state index contributed by atoms with van der Waals surface area (Å²) in [4.78, 5) is 68.1. The summed E-state index contributed by atoms with van der Waals surface area (Å²) < 4.78 is 45.1. The van der Waals surface area contributed by atoms with Crippen LogP contribution >= 0.6 is 0 Å². The molecule has 0 aliphatic carbocycles. The second-order valence-corrected chi connectivity index (χ2v) is 16.6. The number of sulfonamides is 1. The largest absolute Gasteiger partial charge is 0.444 e. The van der Waals surface area contributed by atoms with E-state index < -0.39 is 69.4 Å². The smallest absolute Gasteiger partial charge is 0.411 e. The Morgan fingerprint density at radius 3 is 2.08 bits per heavy atom. The number of hydrogen-bond acceptors (Lipinski definition) is 11. The predicted octanol–water partition coefficient (Wildman–Crippen LogP) is 3.50. The lowest BCUT2D eigenvalue weighted by Crippen LogP contribution is -2.61. The molecular formula is C36H49N5O10S. The summed E-state index contributed by atoms with van der Waals surface area (Å²) in [5, 5.41) is 5.73. The Morgan fingerprint density at radius 2 is 1.50 bits per heavy atom. The van der Waals surface area contributed by atoms with Crippen LogP contribution in [0.1, 0.15) is 65.5 Å². The third-order valence-corrected chi connectivity index (χ3v) is 9.57. The molecule has 52 heavy (non-hydrogen) atoms. The molecule has 0 bridgehead atoms. The molecule has 0 saturated carbocycles. The fourth-order valence-corrected chi connectivity index (χ4v) is 6.68. The van der Waals surface area contributed by atoms with Crippen LogP contribution in [0.5, 0.6) is 0 Å². The Bertz CT molecular complexity index is 1730. The molecule has 2 aromatic carbocycles. The van der Waals surface area contributed by atoms with Gasteiger partial charge in [-0.15, -0.1) is 0 Å². The van der Waals surface area contributed by atoms with Gasteiger partial charge in [-0.2, -0.15) is 4.72 Å². The first kappa shape index (κ1) is 40.2. The van der Waals surface area contributed by atoms with E-state index in [1.165, 1.54) is 21.9 Å². The van der Waals surface area contributed by atoms with Gasteiger partial charge in [0.15, 0.2) is 0 Å². The lowest BCUT2D eigenvalue weighted by atomic mass is 10.1. The van der Waals surface area contributed by atoms with E-state index in [1.807, 2.05) is 6.92 Å². The second kappa shape index (κ2) is 16.4. The average molecular weight is 744 g/mol. The van der Waals surface area contributed by atoms with Crippen LogP contribution in [0.3, 0.4) is 0 Å². The highest BCUT2D eigenvalue weighted by molar-refractivity contribution is 7.89. The number of ether oxygens (including phenoxy) is 3. The standard InChI is InChI=1S/C36H49N5O10S/c1-23-10-16-26(17-11-23)52(47,48)39-28(32(44)49-31(43)27-9-8-18-37-27)21-24-12-14-25(15-13-24)38-30(42)29-22-40(33(45)50-35(2,3)4)19-20-41(29)34(46)51-36(5,6)7/h10-17,27-29,37,39H,8-9,18-22H2,1-7H3,(H,38,42)/t27-,28-,29?/m0/s1. The lowest BCUT2D eigenvalue weighted by molar-refractivity contribution is -0.162. The van der Waals surface area contributed by atoms with Crippen molar-refractivity contribution in [1.29, 1.82) is 0 Å². The molecule has 2 aromatic rings. The zero-order chi connectivity index (χ0) is 38.4. The fraction of sp³-hybridized carbons (Fsp3) is 0.528. The molecule has 16 heteroatoms. The molecule has 0 aromatic heterocycles. The average Bonchev–Trinajstić information content (AvgIpc) is 3.59. The van der Waals surface area contributed by atoms with E-state index in [4.69, 9.17) is 14.2 Å². The molecule has 2 aliphatic rings. The molecule has 3 atom stereocenters. The first-order valence-electron chi connectivity index (χ1n) is 17.2. The Kier molecular flexibility index (Phi) is 12.7. The number of hydrogen-bond donors (Lipinski definition) is 3. The van der Waals surface area contributed by atoms with Crippen molar-refractivity contribution in [2.24, 2.45) is 0 Å². The van der Waals surface area contributed by atoms with E-state index in [2.05, 4.69) is 15.4 Å². The van der Waals surface area contributed by atoms with Gasteiger partial charge in [-0.1, -0.05) is 29.8 Å². The minimum absolute atomic E-state index is 0.0283. The van der Waals surface area contributed by atoms with Crippen LogP contribution < -0.4 is 15.4 Å². The number of nitrogens with zero attached hydrogens (tertiary/aromatic N) is 2. The maximum absolute atomic E-state index is 13.7. The molecule has 3 amide bonds. The van der Waals surface area contributed by atoms with Gasteiger partial charge in [-0.05, 0) is 104 Å². The van der Waals surface area contributed by atoms with Crippen LogP contribution in [0, 0.1) is 6.92 Å². The van der Waals surface area contributed by atoms with Gasteiger partial charge in [-0.25, -0.2) is 27.6 Å². The van der Waals surface area contributed by atoms with Gasteiger partial charge in [0.25, 0.3) is 0 Å². The summed E-state index contributed by atoms with van der Waals surface area (Å²) in [6.07, 6.45) is -0.272. The molecule has 2 heterocycles. The van der Waals surface area contributed by atoms with Crippen LogP contribution in [0.2, 0.25) is 0 Å². The fourth-order valence-electron chi connectivity index (χ4n) is 5.50. The molecule has 15 nitrogen and oxygen atoms in total. The van der Waals surface area contributed by atoms with Crippen LogP contribution in [-0.4, -0.2) is 104 Å². The van der Waals surface area contributed by atoms with Gasteiger partial charge in [-0.3, -0.25) is 9.69 Å². The van der Waals surface area contributed by atoms with Crippen molar-refractivity contribution in [1.82, 2.24) is 19.8 Å². The topological polar surface area (TPSA) is 190 Å². The van der Waals surface area contributed by atoms with E-state index in [-0.39, 0.29) is 31.0 Å². The number of carbonyl (C=O) groups is 5. The summed E-state index contributed by atoms with van der Waals surface area (Å²) in [6.45, 7) is 12.7. The molecule has 3 N–H and O–H groups in total. The molecule has 1 unspecified atom stereocenters. The van der Waals surface area contributed by atoms with Crippen molar-refractivity contribution in [3.63, 3.8) is 0 Å².